The first-order valence-corrected chi connectivity index (χ1v) is 15.9. The number of anilines is 3. The second-order valence-corrected chi connectivity index (χ2v) is 12.3. The lowest BCUT2D eigenvalue weighted by Crippen LogP contribution is -2.10. The first kappa shape index (κ1) is 25.8. The largest absolute Gasteiger partial charge is 0.436 e. The minimum Gasteiger partial charge on any atom is -0.436 e. The van der Waals surface area contributed by atoms with Gasteiger partial charge in [0.15, 0.2) is 5.58 Å². The standard InChI is InChI=1S/C41H26N2OS/c1-3-10-27(11-4-1)30-14-9-15-31(24-30)43(33-21-23-39-36(26-33)34-16-7-8-17-38(34)45-39)32-20-18-28-19-22-37-40(35(28)25-32)42-41(44-37)29-12-5-2-6-13-29/h1-26H. The number of hydrogen-bond donors (Lipinski definition) is 0. The van der Waals surface area contributed by atoms with Gasteiger partial charge in [-0.1, -0.05) is 91.0 Å². The van der Waals surface area contributed by atoms with Crippen LogP contribution >= 0.6 is 11.3 Å². The lowest BCUT2D eigenvalue weighted by Gasteiger charge is -2.26. The molecule has 0 amide bonds. The van der Waals surface area contributed by atoms with E-state index >= 15 is 0 Å². The average molecular weight is 595 g/mol. The number of hydrogen-bond acceptors (Lipinski definition) is 4. The van der Waals surface area contributed by atoms with Gasteiger partial charge in [-0.15, -0.1) is 11.3 Å². The van der Waals surface area contributed by atoms with Gasteiger partial charge < -0.3 is 9.32 Å². The van der Waals surface area contributed by atoms with Gasteiger partial charge in [-0.05, 0) is 83.2 Å². The molecule has 0 aliphatic heterocycles. The van der Waals surface area contributed by atoms with Crippen molar-refractivity contribution in [2.45, 2.75) is 0 Å². The molecule has 0 bridgehead atoms. The average Bonchev–Trinajstić information content (AvgIpc) is 3.72. The van der Waals surface area contributed by atoms with Crippen molar-refractivity contribution in [2.75, 3.05) is 4.90 Å². The van der Waals surface area contributed by atoms with Gasteiger partial charge in [0.25, 0.3) is 0 Å². The van der Waals surface area contributed by atoms with E-state index in [1.807, 2.05) is 47.7 Å². The predicted molar refractivity (Wildman–Crippen MR) is 190 cm³/mol. The van der Waals surface area contributed by atoms with Crippen LogP contribution in [0.5, 0.6) is 0 Å². The highest BCUT2D eigenvalue weighted by Gasteiger charge is 2.18. The predicted octanol–water partition coefficient (Wildman–Crippen LogP) is 12.2. The lowest BCUT2D eigenvalue weighted by atomic mass is 10.0. The third kappa shape index (κ3) is 4.46. The fraction of sp³-hybridized carbons (Fsp3) is 0. The minimum absolute atomic E-state index is 0.630. The first-order valence-electron chi connectivity index (χ1n) is 15.0. The summed E-state index contributed by atoms with van der Waals surface area (Å²) in [6.45, 7) is 0. The van der Waals surface area contributed by atoms with Crippen LogP contribution < -0.4 is 4.90 Å². The van der Waals surface area contributed by atoms with E-state index in [-0.39, 0.29) is 0 Å². The highest BCUT2D eigenvalue weighted by Crippen LogP contribution is 2.42. The third-order valence-corrected chi connectivity index (χ3v) is 9.62. The topological polar surface area (TPSA) is 29.3 Å². The van der Waals surface area contributed by atoms with E-state index in [0.717, 1.165) is 44.5 Å². The van der Waals surface area contributed by atoms with Crippen molar-refractivity contribution in [3.8, 4) is 22.6 Å². The molecule has 45 heavy (non-hydrogen) atoms. The fourth-order valence-electron chi connectivity index (χ4n) is 6.30. The second kappa shape index (κ2) is 10.5. The number of oxazole rings is 1. The molecule has 2 aromatic heterocycles. The van der Waals surface area contributed by atoms with Gasteiger partial charge in [0, 0.05) is 48.2 Å². The SMILES string of the molecule is c1ccc(-c2cccc(N(c3ccc4sc5ccccc5c4c3)c3ccc4ccc5oc(-c6ccccc6)nc5c4c3)c2)cc1. The van der Waals surface area contributed by atoms with E-state index in [4.69, 9.17) is 9.40 Å². The molecule has 0 atom stereocenters. The molecule has 0 unspecified atom stereocenters. The quantitative estimate of drug-likeness (QED) is 0.198. The number of thiophene rings is 1. The summed E-state index contributed by atoms with van der Waals surface area (Å²) in [4.78, 5) is 7.35. The third-order valence-electron chi connectivity index (χ3n) is 8.47. The van der Waals surface area contributed by atoms with Crippen LogP contribution in [0.3, 0.4) is 0 Å². The van der Waals surface area contributed by atoms with Gasteiger partial charge in [-0.25, -0.2) is 4.98 Å². The summed E-state index contributed by atoms with van der Waals surface area (Å²) < 4.78 is 8.84. The van der Waals surface area contributed by atoms with Crippen molar-refractivity contribution in [3.05, 3.63) is 158 Å². The summed E-state index contributed by atoms with van der Waals surface area (Å²) in [7, 11) is 0. The van der Waals surface area contributed by atoms with E-state index in [2.05, 4.69) is 126 Å². The molecule has 3 nitrogen and oxygen atoms in total. The van der Waals surface area contributed by atoms with Crippen LogP contribution in [-0.2, 0) is 0 Å². The molecule has 0 fully saturated rings. The van der Waals surface area contributed by atoms with Gasteiger partial charge in [-0.2, -0.15) is 0 Å². The molecular weight excluding hydrogens is 569 g/mol. The molecule has 0 radical (unpaired) electrons. The highest BCUT2D eigenvalue weighted by atomic mass is 32.1. The summed E-state index contributed by atoms with van der Waals surface area (Å²) in [6.07, 6.45) is 0. The minimum atomic E-state index is 0.630. The smallest absolute Gasteiger partial charge is 0.227 e. The van der Waals surface area contributed by atoms with Crippen LogP contribution in [0.2, 0.25) is 0 Å². The molecule has 0 saturated heterocycles. The van der Waals surface area contributed by atoms with Crippen molar-refractivity contribution in [3.63, 3.8) is 0 Å². The fourth-order valence-corrected chi connectivity index (χ4v) is 7.38. The number of fused-ring (bicyclic) bond motifs is 6. The molecule has 0 aliphatic rings. The Morgan fingerprint density at radius 3 is 1.96 bits per heavy atom. The van der Waals surface area contributed by atoms with Gasteiger partial charge in [0.05, 0.1) is 0 Å². The van der Waals surface area contributed by atoms with Crippen LogP contribution in [0.15, 0.2) is 162 Å². The van der Waals surface area contributed by atoms with Crippen molar-refractivity contribution in [1.29, 1.82) is 0 Å². The Morgan fingerprint density at radius 2 is 1.11 bits per heavy atom. The number of aromatic nitrogens is 1. The maximum Gasteiger partial charge on any atom is 0.227 e. The van der Waals surface area contributed by atoms with Crippen molar-refractivity contribution in [1.82, 2.24) is 4.98 Å². The molecule has 0 spiro atoms. The first-order chi connectivity index (χ1) is 22.3. The van der Waals surface area contributed by atoms with E-state index in [9.17, 15) is 0 Å². The Morgan fingerprint density at radius 1 is 0.467 bits per heavy atom. The number of rotatable bonds is 5. The highest BCUT2D eigenvalue weighted by molar-refractivity contribution is 7.25. The van der Waals surface area contributed by atoms with E-state index in [1.54, 1.807) is 0 Å². The van der Waals surface area contributed by atoms with Gasteiger partial charge in [0.2, 0.25) is 5.89 Å². The maximum absolute atomic E-state index is 6.25. The van der Waals surface area contributed by atoms with Crippen molar-refractivity contribution < 1.29 is 4.42 Å². The van der Waals surface area contributed by atoms with E-state index in [1.165, 1.54) is 31.3 Å². The van der Waals surface area contributed by atoms with Gasteiger partial charge >= 0.3 is 0 Å². The van der Waals surface area contributed by atoms with Gasteiger partial charge in [-0.3, -0.25) is 0 Å². The molecule has 7 aromatic carbocycles. The molecular formula is C41H26N2OS. The summed E-state index contributed by atoms with van der Waals surface area (Å²) in [5.41, 5.74) is 8.23. The zero-order valence-corrected chi connectivity index (χ0v) is 25.0. The molecule has 0 aliphatic carbocycles. The Bertz CT molecular complexity index is 2500. The summed E-state index contributed by atoms with van der Waals surface area (Å²) >= 11 is 1.84. The normalized spacial score (nSPS) is 11.6. The molecule has 0 saturated carbocycles. The zero-order valence-electron chi connectivity index (χ0n) is 24.2. The summed E-state index contributed by atoms with van der Waals surface area (Å²) in [5.74, 6) is 0.630. The molecule has 0 N–H and O–H groups in total. The summed E-state index contributed by atoms with van der Waals surface area (Å²) in [6, 6.07) is 55.7. The lowest BCUT2D eigenvalue weighted by molar-refractivity contribution is 0.620. The molecule has 9 rings (SSSR count). The van der Waals surface area contributed by atoms with Crippen molar-refractivity contribution in [2.24, 2.45) is 0 Å². The Kier molecular flexibility index (Phi) is 6.00. The number of benzene rings is 7. The zero-order chi connectivity index (χ0) is 29.7. The van der Waals surface area contributed by atoms with Crippen LogP contribution in [-0.4, -0.2) is 4.98 Å². The molecule has 212 valence electrons. The Hall–Kier alpha value is -5.71. The van der Waals surface area contributed by atoms with Crippen LogP contribution in [0.25, 0.3) is 64.6 Å². The summed E-state index contributed by atoms with van der Waals surface area (Å²) in [5, 5.41) is 4.73. The molecule has 9 aromatic rings. The van der Waals surface area contributed by atoms with Gasteiger partial charge in [0.1, 0.15) is 5.52 Å². The molecule has 4 heteroatoms. The van der Waals surface area contributed by atoms with Crippen LogP contribution in [0.4, 0.5) is 17.1 Å². The second-order valence-electron chi connectivity index (χ2n) is 11.2. The monoisotopic (exact) mass is 594 g/mol. The Balaban J connectivity index is 1.26. The van der Waals surface area contributed by atoms with E-state index < -0.39 is 0 Å². The van der Waals surface area contributed by atoms with Crippen molar-refractivity contribution >= 4 is 70.4 Å². The number of nitrogens with zero attached hydrogens (tertiary/aromatic N) is 2. The maximum atomic E-state index is 6.25. The van der Waals surface area contributed by atoms with Crippen LogP contribution in [0, 0.1) is 0 Å². The van der Waals surface area contributed by atoms with E-state index in [0.29, 0.717) is 5.89 Å². The van der Waals surface area contributed by atoms with Crippen LogP contribution in [0.1, 0.15) is 0 Å². The molecule has 2 heterocycles. The Labute approximate surface area is 264 Å².